The molecule has 3 aliphatic rings. The lowest BCUT2D eigenvalue weighted by atomic mass is 9.78. The summed E-state index contributed by atoms with van der Waals surface area (Å²) in [6, 6.07) is 0. The Morgan fingerprint density at radius 3 is 2.53 bits per heavy atom. The Bertz CT molecular complexity index is 496. The number of rotatable bonds is 1. The van der Waals surface area contributed by atoms with E-state index in [9.17, 15) is 10.2 Å². The third-order valence-corrected chi connectivity index (χ3v) is 4.30. The maximum absolute atomic E-state index is 9.55. The van der Waals surface area contributed by atoms with E-state index in [2.05, 4.69) is 13.0 Å². The fraction of sp³-hybridized carbons (Fsp3) is 0.500. The zero-order valence-corrected chi connectivity index (χ0v) is 11.2. The SMILES string of the molecule is CC1CC(O)=CC=C1C1COC2CC(O)=CC=C2C1. The Labute approximate surface area is 113 Å². The Kier molecular flexibility index (Phi) is 3.23. The van der Waals surface area contributed by atoms with Crippen molar-refractivity contribution in [3.63, 3.8) is 0 Å². The molecule has 0 spiro atoms. The van der Waals surface area contributed by atoms with Crippen LogP contribution in [0.15, 0.2) is 47.0 Å². The summed E-state index contributed by atoms with van der Waals surface area (Å²) >= 11 is 0. The lowest BCUT2D eigenvalue weighted by Gasteiger charge is -2.36. The highest BCUT2D eigenvalue weighted by Gasteiger charge is 2.32. The predicted molar refractivity (Wildman–Crippen MR) is 73.8 cm³/mol. The van der Waals surface area contributed by atoms with Gasteiger partial charge in [-0.25, -0.2) is 0 Å². The molecule has 0 aromatic carbocycles. The minimum atomic E-state index is 0.0599. The monoisotopic (exact) mass is 260 g/mol. The number of ether oxygens (including phenoxy) is 1. The molecule has 2 N–H and O–H groups in total. The summed E-state index contributed by atoms with van der Waals surface area (Å²) in [5.41, 5.74) is 2.65. The summed E-state index contributed by atoms with van der Waals surface area (Å²) < 4.78 is 5.90. The highest BCUT2D eigenvalue weighted by atomic mass is 16.5. The lowest BCUT2D eigenvalue weighted by molar-refractivity contribution is 0.0217. The number of hydrogen-bond donors (Lipinski definition) is 2. The first-order valence-corrected chi connectivity index (χ1v) is 6.93. The van der Waals surface area contributed by atoms with Gasteiger partial charge in [-0.1, -0.05) is 24.6 Å². The third kappa shape index (κ3) is 2.47. The first-order chi connectivity index (χ1) is 9.13. The van der Waals surface area contributed by atoms with Crippen molar-refractivity contribution in [1.29, 1.82) is 0 Å². The highest BCUT2D eigenvalue weighted by molar-refractivity contribution is 5.31. The zero-order chi connectivity index (χ0) is 13.4. The van der Waals surface area contributed by atoms with E-state index in [0.717, 1.165) is 12.8 Å². The van der Waals surface area contributed by atoms with Gasteiger partial charge in [0.15, 0.2) is 0 Å². The van der Waals surface area contributed by atoms with Crippen LogP contribution in [0.1, 0.15) is 26.2 Å². The van der Waals surface area contributed by atoms with Gasteiger partial charge in [0.05, 0.1) is 24.2 Å². The molecule has 1 fully saturated rings. The summed E-state index contributed by atoms with van der Waals surface area (Å²) in [4.78, 5) is 0. The first-order valence-electron chi connectivity index (χ1n) is 6.93. The van der Waals surface area contributed by atoms with E-state index in [1.54, 1.807) is 6.08 Å². The van der Waals surface area contributed by atoms with Crippen LogP contribution in [0.2, 0.25) is 0 Å². The van der Waals surface area contributed by atoms with Gasteiger partial charge < -0.3 is 14.9 Å². The van der Waals surface area contributed by atoms with Crippen molar-refractivity contribution in [2.45, 2.75) is 32.3 Å². The molecular formula is C16H20O3. The molecular weight excluding hydrogens is 240 g/mol. The Hall–Kier alpha value is -1.48. The number of aliphatic hydroxyl groups excluding tert-OH is 2. The van der Waals surface area contributed by atoms with Crippen molar-refractivity contribution in [3.05, 3.63) is 47.0 Å². The number of hydrogen-bond acceptors (Lipinski definition) is 3. The quantitative estimate of drug-likeness (QED) is 0.757. The van der Waals surface area contributed by atoms with Gasteiger partial charge in [-0.15, -0.1) is 0 Å². The van der Waals surface area contributed by atoms with Crippen LogP contribution >= 0.6 is 0 Å². The number of allylic oxidation sites excluding steroid dienone is 5. The zero-order valence-electron chi connectivity index (χ0n) is 11.2. The molecule has 2 aliphatic carbocycles. The van der Waals surface area contributed by atoms with Crippen LogP contribution in [0.25, 0.3) is 0 Å². The standard InChI is InChI=1S/C16H20O3/c1-10-6-13(17)4-5-15(10)12-7-11-2-3-14(18)8-16(11)19-9-12/h2-5,10,12,16-18H,6-9H2,1H3. The largest absolute Gasteiger partial charge is 0.512 e. The predicted octanol–water partition coefficient (Wildman–Crippen LogP) is 3.57. The fourth-order valence-corrected chi connectivity index (χ4v) is 3.25. The molecule has 3 nitrogen and oxygen atoms in total. The van der Waals surface area contributed by atoms with Crippen molar-refractivity contribution in [1.82, 2.24) is 0 Å². The van der Waals surface area contributed by atoms with Crippen molar-refractivity contribution in [2.75, 3.05) is 6.61 Å². The number of aliphatic hydroxyl groups is 2. The number of fused-ring (bicyclic) bond motifs is 1. The molecule has 0 bridgehead atoms. The highest BCUT2D eigenvalue weighted by Crippen LogP contribution is 2.38. The van der Waals surface area contributed by atoms with Crippen molar-refractivity contribution in [3.8, 4) is 0 Å². The summed E-state index contributed by atoms with van der Waals surface area (Å²) in [6.07, 6.45) is 10.0. The van der Waals surface area contributed by atoms with E-state index < -0.39 is 0 Å². The molecule has 3 rings (SSSR count). The van der Waals surface area contributed by atoms with Crippen LogP contribution in [0.3, 0.4) is 0 Å². The Morgan fingerprint density at radius 1 is 1.00 bits per heavy atom. The molecule has 19 heavy (non-hydrogen) atoms. The molecule has 1 aliphatic heterocycles. The second-order valence-corrected chi connectivity index (χ2v) is 5.76. The van der Waals surface area contributed by atoms with Crippen LogP contribution in [0.5, 0.6) is 0 Å². The van der Waals surface area contributed by atoms with Crippen LogP contribution in [0, 0.1) is 11.8 Å². The lowest BCUT2D eigenvalue weighted by Crippen LogP contribution is -2.32. The van der Waals surface area contributed by atoms with Gasteiger partial charge in [-0.05, 0) is 30.1 Å². The molecule has 3 unspecified atom stereocenters. The minimum Gasteiger partial charge on any atom is -0.512 e. The summed E-state index contributed by atoms with van der Waals surface area (Å²) in [5, 5.41) is 19.1. The van der Waals surface area contributed by atoms with Crippen molar-refractivity contribution >= 4 is 0 Å². The smallest absolute Gasteiger partial charge is 0.0951 e. The van der Waals surface area contributed by atoms with Gasteiger partial charge in [-0.2, -0.15) is 0 Å². The van der Waals surface area contributed by atoms with E-state index in [0.29, 0.717) is 36.4 Å². The summed E-state index contributed by atoms with van der Waals surface area (Å²) in [6.45, 7) is 2.86. The molecule has 0 radical (unpaired) electrons. The summed E-state index contributed by atoms with van der Waals surface area (Å²) in [7, 11) is 0. The second-order valence-electron chi connectivity index (χ2n) is 5.76. The molecule has 0 aromatic rings. The normalized spacial score (nSPS) is 34.7. The van der Waals surface area contributed by atoms with E-state index in [-0.39, 0.29) is 6.10 Å². The topological polar surface area (TPSA) is 49.7 Å². The van der Waals surface area contributed by atoms with Crippen LogP contribution in [0.4, 0.5) is 0 Å². The maximum atomic E-state index is 9.55. The summed E-state index contributed by atoms with van der Waals surface area (Å²) in [5.74, 6) is 1.65. The van der Waals surface area contributed by atoms with Gasteiger partial charge in [0.1, 0.15) is 0 Å². The first kappa shape index (κ1) is 12.5. The van der Waals surface area contributed by atoms with Gasteiger partial charge in [0, 0.05) is 18.8 Å². The average Bonchev–Trinajstić information content (AvgIpc) is 2.38. The average molecular weight is 260 g/mol. The molecule has 0 saturated carbocycles. The fourth-order valence-electron chi connectivity index (χ4n) is 3.25. The van der Waals surface area contributed by atoms with Gasteiger partial charge >= 0.3 is 0 Å². The Balaban J connectivity index is 1.78. The van der Waals surface area contributed by atoms with Crippen LogP contribution in [-0.2, 0) is 4.74 Å². The van der Waals surface area contributed by atoms with Gasteiger partial charge in [0.25, 0.3) is 0 Å². The van der Waals surface area contributed by atoms with E-state index >= 15 is 0 Å². The molecule has 102 valence electrons. The van der Waals surface area contributed by atoms with Gasteiger partial charge in [-0.3, -0.25) is 0 Å². The molecule has 1 saturated heterocycles. The maximum Gasteiger partial charge on any atom is 0.0951 e. The van der Waals surface area contributed by atoms with E-state index in [1.165, 1.54) is 11.1 Å². The molecule has 3 atom stereocenters. The molecule has 1 heterocycles. The molecule has 0 aromatic heterocycles. The second kappa shape index (κ2) is 4.89. The minimum absolute atomic E-state index is 0.0599. The third-order valence-electron chi connectivity index (χ3n) is 4.30. The van der Waals surface area contributed by atoms with Crippen LogP contribution < -0.4 is 0 Å². The molecule has 0 amide bonds. The van der Waals surface area contributed by atoms with E-state index in [1.807, 2.05) is 12.2 Å². The van der Waals surface area contributed by atoms with E-state index in [4.69, 9.17) is 4.74 Å². The Morgan fingerprint density at radius 2 is 1.74 bits per heavy atom. The van der Waals surface area contributed by atoms with Crippen molar-refractivity contribution in [2.24, 2.45) is 11.8 Å². The van der Waals surface area contributed by atoms with Gasteiger partial charge in [0.2, 0.25) is 0 Å². The van der Waals surface area contributed by atoms with Crippen LogP contribution in [-0.4, -0.2) is 22.9 Å². The molecule has 3 heteroatoms. The van der Waals surface area contributed by atoms with Crippen molar-refractivity contribution < 1.29 is 14.9 Å².